The molecule has 2 aromatic carbocycles. The van der Waals surface area contributed by atoms with Crippen LogP contribution in [0.2, 0.25) is 20.1 Å². The summed E-state index contributed by atoms with van der Waals surface area (Å²) in [6, 6.07) is 7.22. The molecule has 186 valence electrons. The van der Waals surface area contributed by atoms with Crippen molar-refractivity contribution in [2.75, 3.05) is 12.0 Å². The first-order valence-electron chi connectivity index (χ1n) is 9.94. The molecule has 4 nitrogen and oxygen atoms in total. The molecule has 35 heavy (non-hydrogen) atoms. The first kappa shape index (κ1) is 28.0. The standard InChI is InChI=1S/C23H16Cl6F2N2O2/c1-2-17(16(31)5-6-30)33-21(34)12-9-11(3-4-13(12)24)32-22(35)19-18(23(19,28)29)10-7-14(25)20(27)15(26)8-10/h2-5,7-9,18-19H,6H2,1H3,(H,32,35)(H,33,34)/b16-5+,17-2+. The minimum absolute atomic E-state index is 0.0459. The van der Waals surface area contributed by atoms with Crippen molar-refractivity contribution < 1.29 is 18.4 Å². The van der Waals surface area contributed by atoms with E-state index in [-0.39, 0.29) is 37.0 Å². The fourth-order valence-electron chi connectivity index (χ4n) is 3.46. The second-order valence-corrected chi connectivity index (χ2v) is 10.5. The van der Waals surface area contributed by atoms with Crippen molar-refractivity contribution in [3.05, 3.63) is 85.2 Å². The van der Waals surface area contributed by atoms with Crippen LogP contribution in [0.1, 0.15) is 28.8 Å². The third kappa shape index (κ3) is 6.07. The van der Waals surface area contributed by atoms with Crippen molar-refractivity contribution in [2.45, 2.75) is 17.2 Å². The Balaban J connectivity index is 1.79. The Morgan fingerprint density at radius 1 is 1.06 bits per heavy atom. The number of alkyl halides is 3. The number of hydrogen-bond donors (Lipinski definition) is 2. The van der Waals surface area contributed by atoms with Crippen molar-refractivity contribution in [1.29, 1.82) is 0 Å². The first-order chi connectivity index (χ1) is 16.4. The number of carbonyl (C=O) groups is 2. The van der Waals surface area contributed by atoms with Gasteiger partial charge >= 0.3 is 0 Å². The van der Waals surface area contributed by atoms with Gasteiger partial charge < -0.3 is 10.6 Å². The van der Waals surface area contributed by atoms with Gasteiger partial charge in [0.25, 0.3) is 5.91 Å². The monoisotopic (exact) mass is 600 g/mol. The van der Waals surface area contributed by atoms with Gasteiger partial charge in [-0.25, -0.2) is 8.78 Å². The second-order valence-electron chi connectivity index (χ2n) is 7.48. The normalized spacial score (nSPS) is 19.3. The van der Waals surface area contributed by atoms with Gasteiger partial charge in [0.1, 0.15) is 16.8 Å². The maximum Gasteiger partial charge on any atom is 0.257 e. The Bertz CT molecular complexity index is 1230. The Kier molecular flexibility index (Phi) is 9.01. The van der Waals surface area contributed by atoms with Crippen molar-refractivity contribution in [3.63, 3.8) is 0 Å². The van der Waals surface area contributed by atoms with Crippen LogP contribution in [0.15, 0.2) is 54.0 Å². The van der Waals surface area contributed by atoms with E-state index in [1.54, 1.807) is 0 Å². The minimum Gasteiger partial charge on any atom is -0.326 e. The highest BCUT2D eigenvalue weighted by molar-refractivity contribution is 6.54. The van der Waals surface area contributed by atoms with E-state index in [4.69, 9.17) is 69.6 Å². The molecule has 3 rings (SSSR count). The Labute approximate surface area is 230 Å². The number of amides is 2. The van der Waals surface area contributed by atoms with Crippen LogP contribution in [-0.2, 0) is 4.79 Å². The summed E-state index contributed by atoms with van der Waals surface area (Å²) >= 11 is 37.0. The van der Waals surface area contributed by atoms with Crippen LogP contribution in [0, 0.1) is 5.92 Å². The van der Waals surface area contributed by atoms with E-state index in [1.165, 1.54) is 43.3 Å². The zero-order valence-electron chi connectivity index (χ0n) is 17.7. The highest BCUT2D eigenvalue weighted by atomic mass is 35.5. The van der Waals surface area contributed by atoms with Crippen molar-refractivity contribution in [3.8, 4) is 0 Å². The molecule has 12 heteroatoms. The molecular weight excluding hydrogens is 587 g/mol. The van der Waals surface area contributed by atoms with E-state index >= 15 is 0 Å². The van der Waals surface area contributed by atoms with Crippen LogP contribution in [-0.4, -0.2) is 22.8 Å². The number of benzene rings is 2. The molecule has 0 bridgehead atoms. The number of hydrogen-bond acceptors (Lipinski definition) is 2. The van der Waals surface area contributed by atoms with Gasteiger partial charge in [-0.05, 0) is 48.9 Å². The number of halogens is 8. The maximum atomic E-state index is 13.9. The molecule has 0 radical (unpaired) electrons. The molecule has 0 aliphatic heterocycles. The zero-order valence-corrected chi connectivity index (χ0v) is 22.3. The zero-order chi connectivity index (χ0) is 26.1. The van der Waals surface area contributed by atoms with Crippen LogP contribution >= 0.6 is 69.6 Å². The molecule has 2 N–H and O–H groups in total. The van der Waals surface area contributed by atoms with Crippen LogP contribution in [0.5, 0.6) is 0 Å². The minimum atomic E-state index is -1.43. The molecule has 2 amide bonds. The maximum absolute atomic E-state index is 13.9. The molecule has 2 aromatic rings. The smallest absolute Gasteiger partial charge is 0.257 e. The highest BCUT2D eigenvalue weighted by Gasteiger charge is 2.67. The number of allylic oxidation sites excluding steroid dienone is 3. The van der Waals surface area contributed by atoms with Crippen molar-refractivity contribution in [1.82, 2.24) is 5.32 Å². The van der Waals surface area contributed by atoms with Crippen LogP contribution in [0.3, 0.4) is 0 Å². The molecule has 1 aliphatic rings. The van der Waals surface area contributed by atoms with E-state index in [0.717, 1.165) is 0 Å². The number of nitrogens with one attached hydrogen (secondary N) is 2. The van der Waals surface area contributed by atoms with E-state index in [2.05, 4.69) is 10.6 Å². The van der Waals surface area contributed by atoms with Gasteiger partial charge in [-0.3, -0.25) is 9.59 Å². The lowest BCUT2D eigenvalue weighted by Crippen LogP contribution is -2.24. The van der Waals surface area contributed by atoms with Gasteiger partial charge in [-0.15, -0.1) is 23.2 Å². The predicted molar refractivity (Wildman–Crippen MR) is 139 cm³/mol. The molecule has 1 aliphatic carbocycles. The lowest BCUT2D eigenvalue weighted by atomic mass is 10.1. The molecule has 0 heterocycles. The fraction of sp³-hybridized carbons (Fsp3) is 0.217. The fourth-order valence-corrected chi connectivity index (χ4v) is 5.10. The van der Waals surface area contributed by atoms with Gasteiger partial charge in [0, 0.05) is 11.6 Å². The third-order valence-electron chi connectivity index (χ3n) is 5.23. The summed E-state index contributed by atoms with van der Waals surface area (Å²) in [4.78, 5) is 25.6. The summed E-state index contributed by atoms with van der Waals surface area (Å²) in [5, 5.41) is 5.56. The Morgan fingerprint density at radius 2 is 1.69 bits per heavy atom. The molecule has 0 saturated heterocycles. The molecule has 2 atom stereocenters. The summed E-state index contributed by atoms with van der Waals surface area (Å²) < 4.78 is 24.9. The summed E-state index contributed by atoms with van der Waals surface area (Å²) in [6.45, 7) is 0.428. The van der Waals surface area contributed by atoms with Crippen LogP contribution < -0.4 is 10.6 Å². The number of anilines is 1. The third-order valence-corrected chi connectivity index (χ3v) is 7.70. The largest absolute Gasteiger partial charge is 0.326 e. The van der Waals surface area contributed by atoms with Gasteiger partial charge in [0.2, 0.25) is 5.91 Å². The lowest BCUT2D eigenvalue weighted by molar-refractivity contribution is -0.117. The van der Waals surface area contributed by atoms with Gasteiger partial charge in [-0.2, -0.15) is 0 Å². The number of carbonyl (C=O) groups excluding carboxylic acids is 2. The Morgan fingerprint density at radius 3 is 2.26 bits per heavy atom. The van der Waals surface area contributed by atoms with E-state index in [0.29, 0.717) is 11.6 Å². The SMILES string of the molecule is C/C=C(NC(=O)c1cc(NC(=O)C2C(c3cc(Cl)c(Cl)c(Cl)c3)C2(Cl)Cl)ccc1Cl)\C(F)=C/CF. The number of rotatable bonds is 7. The molecule has 0 spiro atoms. The molecule has 0 aromatic heterocycles. The first-order valence-corrected chi connectivity index (χ1v) is 12.2. The lowest BCUT2D eigenvalue weighted by Gasteiger charge is -2.11. The highest BCUT2D eigenvalue weighted by Crippen LogP contribution is 2.65. The molecule has 2 unspecified atom stereocenters. The van der Waals surface area contributed by atoms with Crippen molar-refractivity contribution >= 4 is 87.1 Å². The second kappa shape index (κ2) is 11.2. The molecular formula is C23H16Cl6F2N2O2. The summed E-state index contributed by atoms with van der Waals surface area (Å²) in [7, 11) is 0. The summed E-state index contributed by atoms with van der Waals surface area (Å²) in [6.07, 6.45) is 1.94. The van der Waals surface area contributed by atoms with Crippen LogP contribution in [0.4, 0.5) is 14.5 Å². The predicted octanol–water partition coefficient (Wildman–Crippen LogP) is 8.28. The molecule has 1 fully saturated rings. The average molecular weight is 603 g/mol. The Hall–Kier alpha value is -1.54. The van der Waals surface area contributed by atoms with Gasteiger partial charge in [0.05, 0.1) is 37.3 Å². The van der Waals surface area contributed by atoms with Gasteiger partial charge in [-0.1, -0.05) is 52.5 Å². The van der Waals surface area contributed by atoms with E-state index in [1.807, 2.05) is 0 Å². The summed E-state index contributed by atoms with van der Waals surface area (Å²) in [5.74, 6) is -3.70. The average Bonchev–Trinajstić information content (AvgIpc) is 3.38. The topological polar surface area (TPSA) is 58.2 Å². The van der Waals surface area contributed by atoms with Gasteiger partial charge in [0.15, 0.2) is 0 Å². The van der Waals surface area contributed by atoms with E-state index in [9.17, 15) is 18.4 Å². The van der Waals surface area contributed by atoms with Crippen molar-refractivity contribution in [2.24, 2.45) is 5.92 Å². The molecule has 1 saturated carbocycles. The summed E-state index contributed by atoms with van der Waals surface area (Å²) in [5.41, 5.74) is 0.470. The quantitative estimate of drug-likeness (QED) is 0.190. The van der Waals surface area contributed by atoms with E-state index < -0.39 is 40.5 Å². The van der Waals surface area contributed by atoms with Crippen LogP contribution in [0.25, 0.3) is 0 Å².